The zero-order chi connectivity index (χ0) is 37.9. The van der Waals surface area contributed by atoms with E-state index in [9.17, 15) is 19.2 Å². The molecule has 4 aromatic rings. The summed E-state index contributed by atoms with van der Waals surface area (Å²) in [6, 6.07) is 33.6. The molecule has 9 nitrogen and oxygen atoms in total. The fourth-order valence-electron chi connectivity index (χ4n) is 5.12. The minimum Gasteiger partial charge on any atom is -0.478 e. The first-order valence-corrected chi connectivity index (χ1v) is 19.1. The first kappa shape index (κ1) is 41.1. The number of hydrogen-bond acceptors (Lipinski definition) is 8. The smallest absolute Gasteiger partial charge is 0.335 e. The summed E-state index contributed by atoms with van der Waals surface area (Å²) in [5.41, 5.74) is 13.6. The molecule has 52 heavy (non-hydrogen) atoms. The molecule has 0 aromatic heterocycles. The zero-order valence-electron chi connectivity index (χ0n) is 29.6. The standard InChI is InChI=1S/C20H20N2O2.C13H13NO3.C7H9N.CH3PS/c1-14-18(11-12-19(14)23)22-17-9-7-16(8-10-17)20(24)21-13-15-5-3-2-4-6-15;1-8-11(6-7-12(8)15)14-10-4-2-9(3-5-10)13(16)17;8-6-7-4-2-1-3-5-7;1-2-3/h2-10,22H,11-13H2,1H3,(H,21,24);2-5,14H,6-7H2,1H3,(H,16,17);1-5H,6,8H2;1H3. The van der Waals surface area contributed by atoms with Crippen LogP contribution in [0.5, 0.6) is 0 Å². The Bertz CT molecular complexity index is 1880. The molecule has 11 heteroatoms. The molecular weight excluding hydrogens is 692 g/mol. The van der Waals surface area contributed by atoms with E-state index in [1.54, 1.807) is 24.3 Å². The molecule has 1 amide bonds. The van der Waals surface area contributed by atoms with Crippen LogP contribution in [0.4, 0.5) is 11.4 Å². The first-order valence-electron chi connectivity index (χ1n) is 16.8. The number of carboxylic acid groups (broad SMARTS) is 1. The van der Waals surface area contributed by atoms with Crippen LogP contribution in [0.2, 0.25) is 0 Å². The lowest BCUT2D eigenvalue weighted by Gasteiger charge is -2.09. The predicted octanol–water partition coefficient (Wildman–Crippen LogP) is 8.27. The normalized spacial score (nSPS) is 13.2. The van der Waals surface area contributed by atoms with Crippen LogP contribution >= 0.6 is 7.36 Å². The number of nitrogens with one attached hydrogen (secondary N) is 3. The average Bonchev–Trinajstić information content (AvgIpc) is 3.66. The van der Waals surface area contributed by atoms with Gasteiger partial charge < -0.3 is 26.8 Å². The SMILES string of the molecule is CC1=C(Nc2ccc(C(=O)NCc3ccccc3)cc2)CCC1=O.CC1=C(Nc2ccc(C(=O)O)cc2)CCC1=O.CP=S.NCc1ccccc1. The molecule has 270 valence electrons. The van der Waals surface area contributed by atoms with E-state index in [-0.39, 0.29) is 23.0 Å². The molecule has 4 aromatic carbocycles. The lowest BCUT2D eigenvalue weighted by Crippen LogP contribution is -2.22. The Morgan fingerprint density at radius 3 is 1.42 bits per heavy atom. The molecule has 0 saturated carbocycles. The number of ketones is 2. The van der Waals surface area contributed by atoms with Crippen LogP contribution < -0.4 is 21.7 Å². The highest BCUT2D eigenvalue weighted by Gasteiger charge is 2.20. The van der Waals surface area contributed by atoms with E-state index in [0.29, 0.717) is 31.5 Å². The van der Waals surface area contributed by atoms with Crippen molar-refractivity contribution in [1.29, 1.82) is 0 Å². The van der Waals surface area contributed by atoms with Gasteiger partial charge in [0, 0.05) is 65.4 Å². The number of carbonyl (C=O) groups excluding carboxylic acids is 3. The molecule has 0 spiro atoms. The minimum absolute atomic E-state index is 0.100. The first-order chi connectivity index (χ1) is 25.1. The van der Waals surface area contributed by atoms with Gasteiger partial charge >= 0.3 is 5.97 Å². The van der Waals surface area contributed by atoms with Gasteiger partial charge in [-0.2, -0.15) is 0 Å². The number of Topliss-reactive ketones (excluding diaryl/α,β-unsaturated/α-hetero) is 2. The topological polar surface area (TPSA) is 151 Å². The van der Waals surface area contributed by atoms with Gasteiger partial charge in [0.1, 0.15) is 0 Å². The fraction of sp³-hybridized carbons (Fsp3) is 0.220. The van der Waals surface area contributed by atoms with Gasteiger partial charge in [0.05, 0.1) is 5.56 Å². The third-order valence-electron chi connectivity index (χ3n) is 8.19. The monoisotopic (exact) mass is 736 g/mol. The number of amides is 1. The van der Waals surface area contributed by atoms with Gasteiger partial charge in [0.15, 0.2) is 11.6 Å². The lowest BCUT2D eigenvalue weighted by molar-refractivity contribution is -0.115. The van der Waals surface area contributed by atoms with Crippen molar-refractivity contribution < 1.29 is 24.3 Å². The molecule has 0 saturated heterocycles. The minimum atomic E-state index is -0.942. The van der Waals surface area contributed by atoms with Crippen LogP contribution in [0.25, 0.3) is 0 Å². The van der Waals surface area contributed by atoms with Crippen molar-refractivity contribution in [3.8, 4) is 0 Å². The molecule has 0 heterocycles. The largest absolute Gasteiger partial charge is 0.478 e. The Labute approximate surface area is 312 Å². The molecule has 0 fully saturated rings. The number of benzene rings is 4. The number of carbonyl (C=O) groups is 4. The van der Waals surface area contributed by atoms with Crippen molar-refractivity contribution in [1.82, 2.24) is 5.32 Å². The maximum Gasteiger partial charge on any atom is 0.335 e. The Hall–Kier alpha value is -5.28. The van der Waals surface area contributed by atoms with Crippen LogP contribution in [0.3, 0.4) is 0 Å². The lowest BCUT2D eigenvalue weighted by atomic mass is 10.1. The molecule has 0 radical (unpaired) electrons. The number of aromatic carboxylic acids is 1. The van der Waals surface area contributed by atoms with Gasteiger partial charge in [-0.25, -0.2) is 4.79 Å². The van der Waals surface area contributed by atoms with Crippen molar-refractivity contribution in [2.75, 3.05) is 17.3 Å². The van der Waals surface area contributed by atoms with E-state index in [1.807, 2.05) is 93.3 Å². The third-order valence-corrected chi connectivity index (χ3v) is 8.19. The van der Waals surface area contributed by atoms with Gasteiger partial charge in [0.25, 0.3) is 5.91 Å². The molecule has 6 rings (SSSR count). The third kappa shape index (κ3) is 13.5. The Kier molecular flexibility index (Phi) is 17.3. The van der Waals surface area contributed by atoms with Gasteiger partial charge in [-0.1, -0.05) is 72.5 Å². The molecule has 0 unspecified atom stereocenters. The van der Waals surface area contributed by atoms with Crippen molar-refractivity contribution in [3.63, 3.8) is 0 Å². The van der Waals surface area contributed by atoms with Crippen molar-refractivity contribution in [2.24, 2.45) is 5.73 Å². The summed E-state index contributed by atoms with van der Waals surface area (Å²) < 4.78 is 0. The van der Waals surface area contributed by atoms with E-state index in [4.69, 9.17) is 10.8 Å². The molecular formula is C41H45N4O5PS. The van der Waals surface area contributed by atoms with E-state index in [2.05, 4.69) is 27.8 Å². The summed E-state index contributed by atoms with van der Waals surface area (Å²) in [4.78, 5) is 45.8. The highest BCUT2D eigenvalue weighted by atomic mass is 32.4. The van der Waals surface area contributed by atoms with Gasteiger partial charge in [0.2, 0.25) is 0 Å². The summed E-state index contributed by atoms with van der Waals surface area (Å²) in [6.45, 7) is 6.72. The zero-order valence-corrected chi connectivity index (χ0v) is 31.4. The van der Waals surface area contributed by atoms with Crippen LogP contribution in [0, 0.1) is 0 Å². The summed E-state index contributed by atoms with van der Waals surface area (Å²) in [7, 11) is 1.00. The molecule has 0 aliphatic heterocycles. The number of hydrogen-bond donors (Lipinski definition) is 5. The van der Waals surface area contributed by atoms with Crippen LogP contribution in [-0.4, -0.2) is 35.2 Å². The van der Waals surface area contributed by atoms with E-state index < -0.39 is 5.97 Å². The molecule has 0 atom stereocenters. The number of rotatable bonds is 9. The molecule has 2 aliphatic carbocycles. The second-order valence-electron chi connectivity index (χ2n) is 11.8. The fourth-order valence-corrected chi connectivity index (χ4v) is 5.12. The number of carboxylic acids is 1. The predicted molar refractivity (Wildman–Crippen MR) is 213 cm³/mol. The Balaban J connectivity index is 0.000000225. The maximum absolute atomic E-state index is 12.2. The Morgan fingerprint density at radius 2 is 1.08 bits per heavy atom. The van der Waals surface area contributed by atoms with Gasteiger partial charge in [-0.15, -0.1) is 0 Å². The average molecular weight is 737 g/mol. The Morgan fingerprint density at radius 1 is 0.673 bits per heavy atom. The van der Waals surface area contributed by atoms with Crippen LogP contribution in [0.1, 0.15) is 71.4 Å². The maximum atomic E-state index is 12.2. The quantitative estimate of drug-likeness (QED) is 0.107. The molecule has 2 aliphatic rings. The number of allylic oxidation sites excluding steroid dienone is 4. The highest BCUT2D eigenvalue weighted by molar-refractivity contribution is 7.96. The van der Waals surface area contributed by atoms with Crippen molar-refractivity contribution in [3.05, 3.63) is 154 Å². The molecule has 6 N–H and O–H groups in total. The number of anilines is 2. The van der Waals surface area contributed by atoms with Gasteiger partial charge in [-0.05, 0) is 100 Å². The van der Waals surface area contributed by atoms with Crippen molar-refractivity contribution >= 4 is 54.0 Å². The van der Waals surface area contributed by atoms with E-state index in [1.165, 1.54) is 17.7 Å². The van der Waals surface area contributed by atoms with Crippen LogP contribution in [-0.2, 0) is 34.5 Å². The summed E-state index contributed by atoms with van der Waals surface area (Å²) in [5.74, 6) is -0.663. The van der Waals surface area contributed by atoms with Crippen molar-refractivity contribution in [2.45, 2.75) is 52.6 Å². The van der Waals surface area contributed by atoms with Gasteiger partial charge in [-0.3, -0.25) is 14.4 Å². The number of nitrogens with two attached hydrogens (primary N) is 1. The van der Waals surface area contributed by atoms with E-state index in [0.717, 1.165) is 59.7 Å². The highest BCUT2D eigenvalue weighted by Crippen LogP contribution is 2.25. The summed E-state index contributed by atoms with van der Waals surface area (Å²) in [5, 5.41) is 18.1. The second-order valence-corrected chi connectivity index (χ2v) is 13.3. The van der Waals surface area contributed by atoms with E-state index >= 15 is 0 Å². The summed E-state index contributed by atoms with van der Waals surface area (Å²) in [6.07, 6.45) is 2.62. The summed E-state index contributed by atoms with van der Waals surface area (Å²) >= 11 is 4.37. The molecule has 0 bridgehead atoms. The van der Waals surface area contributed by atoms with Crippen LogP contribution in [0.15, 0.2) is 132 Å². The second kappa shape index (κ2) is 21.8.